The van der Waals surface area contributed by atoms with E-state index in [0.29, 0.717) is 47.1 Å². The summed E-state index contributed by atoms with van der Waals surface area (Å²) in [4.78, 5) is 29.2. The number of esters is 1. The van der Waals surface area contributed by atoms with Crippen molar-refractivity contribution >= 4 is 17.1 Å². The maximum Gasteiger partial charge on any atom is 0.345 e. The highest BCUT2D eigenvalue weighted by Crippen LogP contribution is 2.27. The van der Waals surface area contributed by atoms with Gasteiger partial charge in [-0.3, -0.25) is 4.79 Å². The van der Waals surface area contributed by atoms with E-state index < -0.39 is 11.0 Å². The lowest BCUT2D eigenvalue weighted by molar-refractivity contribution is -0.154. The molecular formula is C32H40N2O5. The lowest BCUT2D eigenvalue weighted by Gasteiger charge is -2.23. The molecule has 7 heteroatoms. The second-order valence-electron chi connectivity index (χ2n) is 11.1. The number of hydrogen-bond donors (Lipinski definition) is 0. The first-order valence-electron chi connectivity index (χ1n) is 13.9. The molecule has 0 amide bonds. The van der Waals surface area contributed by atoms with E-state index in [4.69, 9.17) is 19.2 Å². The second-order valence-corrected chi connectivity index (χ2v) is 11.1. The highest BCUT2D eigenvalue weighted by molar-refractivity contribution is 5.79. The lowest BCUT2D eigenvalue weighted by Crippen LogP contribution is -2.27. The summed E-state index contributed by atoms with van der Waals surface area (Å²) in [6.45, 7) is 9.30. The first kappa shape index (κ1) is 29.9. The normalized spacial score (nSPS) is 11.5. The SMILES string of the molecule is CC(C)CCC(C)(C)C(=O)OCCCCCCCCOc1ccc2cc(-c3cccc(C#N)c3)c(=O)oc2n1. The molecule has 0 fully saturated rings. The summed E-state index contributed by atoms with van der Waals surface area (Å²) in [5.74, 6) is 0.916. The predicted molar refractivity (Wildman–Crippen MR) is 152 cm³/mol. The lowest BCUT2D eigenvalue weighted by atomic mass is 9.85. The van der Waals surface area contributed by atoms with E-state index in [1.807, 2.05) is 19.9 Å². The van der Waals surface area contributed by atoms with Crippen LogP contribution in [0.4, 0.5) is 0 Å². The Hall–Kier alpha value is -3.66. The van der Waals surface area contributed by atoms with Crippen LogP contribution in [-0.2, 0) is 9.53 Å². The van der Waals surface area contributed by atoms with Gasteiger partial charge in [-0.05, 0) is 75.3 Å². The monoisotopic (exact) mass is 532 g/mol. The zero-order valence-corrected chi connectivity index (χ0v) is 23.6. The molecule has 0 spiro atoms. The highest BCUT2D eigenvalue weighted by atomic mass is 16.5. The number of nitrogens with zero attached hydrogens (tertiary/aromatic N) is 2. The van der Waals surface area contributed by atoms with Crippen LogP contribution in [0.1, 0.15) is 84.6 Å². The molecule has 0 atom stereocenters. The molecule has 0 aliphatic rings. The average molecular weight is 533 g/mol. The van der Waals surface area contributed by atoms with Crippen LogP contribution in [0.15, 0.2) is 51.7 Å². The van der Waals surface area contributed by atoms with Crippen LogP contribution in [0.2, 0.25) is 0 Å². The van der Waals surface area contributed by atoms with Crippen molar-refractivity contribution in [1.82, 2.24) is 4.98 Å². The number of ether oxygens (including phenoxy) is 2. The maximum atomic E-state index is 12.5. The zero-order valence-electron chi connectivity index (χ0n) is 23.6. The number of aromatic nitrogens is 1. The number of carbonyl (C=O) groups excluding carboxylic acids is 1. The summed E-state index contributed by atoms with van der Waals surface area (Å²) in [6, 6.07) is 14.2. The van der Waals surface area contributed by atoms with E-state index in [-0.39, 0.29) is 11.7 Å². The Bertz CT molecular complexity index is 1340. The highest BCUT2D eigenvalue weighted by Gasteiger charge is 2.29. The van der Waals surface area contributed by atoms with Crippen molar-refractivity contribution in [2.75, 3.05) is 13.2 Å². The summed E-state index contributed by atoms with van der Waals surface area (Å²) >= 11 is 0. The molecule has 1 aromatic carbocycles. The Morgan fingerprint density at radius 1 is 1.03 bits per heavy atom. The summed E-state index contributed by atoms with van der Waals surface area (Å²) < 4.78 is 16.7. The number of fused-ring (bicyclic) bond motifs is 1. The van der Waals surface area contributed by atoms with Crippen LogP contribution in [0.5, 0.6) is 5.88 Å². The van der Waals surface area contributed by atoms with E-state index in [0.717, 1.165) is 51.4 Å². The van der Waals surface area contributed by atoms with Gasteiger partial charge in [-0.15, -0.1) is 0 Å². The van der Waals surface area contributed by atoms with Crippen molar-refractivity contribution in [2.45, 2.75) is 79.1 Å². The Morgan fingerprint density at radius 2 is 1.74 bits per heavy atom. The Kier molecular flexibility index (Phi) is 11.1. The van der Waals surface area contributed by atoms with Gasteiger partial charge in [0.15, 0.2) is 0 Å². The summed E-state index contributed by atoms with van der Waals surface area (Å²) in [7, 11) is 0. The van der Waals surface area contributed by atoms with Crippen LogP contribution >= 0.6 is 0 Å². The molecule has 0 radical (unpaired) electrons. The number of unbranched alkanes of at least 4 members (excludes halogenated alkanes) is 5. The summed E-state index contributed by atoms with van der Waals surface area (Å²) in [5.41, 5.74) is 0.801. The Balaban J connectivity index is 1.34. The molecule has 39 heavy (non-hydrogen) atoms. The molecule has 7 nitrogen and oxygen atoms in total. The largest absolute Gasteiger partial charge is 0.478 e. The van der Waals surface area contributed by atoms with Crippen LogP contribution in [0.25, 0.3) is 22.2 Å². The van der Waals surface area contributed by atoms with E-state index in [1.54, 1.807) is 36.4 Å². The quantitative estimate of drug-likeness (QED) is 0.148. The van der Waals surface area contributed by atoms with Crippen molar-refractivity contribution in [3.05, 3.63) is 58.4 Å². The molecule has 208 valence electrons. The van der Waals surface area contributed by atoms with Gasteiger partial charge in [0.05, 0.1) is 35.8 Å². The fraction of sp³-hybridized carbons (Fsp3) is 0.500. The Labute approximate surface area is 231 Å². The standard InChI is InChI=1S/C32H40N2O5/c1-23(2)16-17-32(3,4)31(36)38-19-10-8-6-5-7-9-18-37-28-15-14-26-21-27(30(35)39-29(26)34-28)25-13-11-12-24(20-25)22-33/h11-15,20-21,23H,5-10,16-19H2,1-4H3. The van der Waals surface area contributed by atoms with Crippen molar-refractivity contribution in [3.8, 4) is 23.1 Å². The fourth-order valence-corrected chi connectivity index (χ4v) is 4.22. The van der Waals surface area contributed by atoms with E-state index in [1.165, 1.54) is 0 Å². The van der Waals surface area contributed by atoms with Crippen LogP contribution in [0.3, 0.4) is 0 Å². The van der Waals surface area contributed by atoms with Gasteiger partial charge in [-0.2, -0.15) is 10.2 Å². The number of pyridine rings is 1. The molecule has 2 heterocycles. The van der Waals surface area contributed by atoms with Crippen LogP contribution < -0.4 is 10.4 Å². The smallest absolute Gasteiger partial charge is 0.345 e. The average Bonchev–Trinajstić information content (AvgIpc) is 2.92. The molecule has 0 N–H and O–H groups in total. The van der Waals surface area contributed by atoms with Gasteiger partial charge in [-0.1, -0.05) is 51.7 Å². The molecule has 0 bridgehead atoms. The van der Waals surface area contributed by atoms with Gasteiger partial charge in [0, 0.05) is 11.5 Å². The number of hydrogen-bond acceptors (Lipinski definition) is 7. The topological polar surface area (TPSA) is 102 Å². The van der Waals surface area contributed by atoms with Gasteiger partial charge < -0.3 is 13.9 Å². The van der Waals surface area contributed by atoms with Crippen LogP contribution in [0, 0.1) is 22.7 Å². The maximum absolute atomic E-state index is 12.5. The van der Waals surface area contributed by atoms with Crippen molar-refractivity contribution < 1.29 is 18.7 Å². The minimum Gasteiger partial charge on any atom is -0.478 e. The van der Waals surface area contributed by atoms with Gasteiger partial charge >= 0.3 is 11.6 Å². The molecule has 0 unspecified atom stereocenters. The number of benzene rings is 1. The van der Waals surface area contributed by atoms with Gasteiger partial charge in [0.25, 0.3) is 0 Å². The molecule has 0 saturated heterocycles. The first-order valence-corrected chi connectivity index (χ1v) is 13.9. The second kappa shape index (κ2) is 14.5. The number of rotatable bonds is 15. The Morgan fingerprint density at radius 3 is 2.46 bits per heavy atom. The minimum atomic E-state index is -0.508. The molecule has 0 saturated carbocycles. The molecule has 2 aromatic heterocycles. The first-order chi connectivity index (χ1) is 18.7. The summed E-state index contributed by atoms with van der Waals surface area (Å²) in [5, 5.41) is 9.80. The zero-order chi connectivity index (χ0) is 28.3. The molecular weight excluding hydrogens is 492 g/mol. The van der Waals surface area contributed by atoms with Crippen molar-refractivity contribution in [3.63, 3.8) is 0 Å². The van der Waals surface area contributed by atoms with Gasteiger partial charge in [-0.25, -0.2) is 4.79 Å². The van der Waals surface area contributed by atoms with Gasteiger partial charge in [0.2, 0.25) is 11.6 Å². The molecule has 0 aliphatic carbocycles. The van der Waals surface area contributed by atoms with Crippen molar-refractivity contribution in [2.24, 2.45) is 11.3 Å². The third kappa shape index (κ3) is 9.24. The third-order valence-electron chi connectivity index (χ3n) is 6.80. The minimum absolute atomic E-state index is 0.0901. The number of nitriles is 1. The molecule has 3 aromatic rings. The molecule has 0 aliphatic heterocycles. The third-order valence-corrected chi connectivity index (χ3v) is 6.80. The van der Waals surface area contributed by atoms with E-state index >= 15 is 0 Å². The number of carbonyl (C=O) groups is 1. The van der Waals surface area contributed by atoms with Crippen LogP contribution in [-0.4, -0.2) is 24.2 Å². The predicted octanol–water partition coefficient (Wildman–Crippen LogP) is 7.45. The van der Waals surface area contributed by atoms with Crippen molar-refractivity contribution in [1.29, 1.82) is 5.26 Å². The van der Waals surface area contributed by atoms with E-state index in [2.05, 4.69) is 24.9 Å². The summed E-state index contributed by atoms with van der Waals surface area (Å²) in [6.07, 6.45) is 7.93. The molecule has 3 rings (SSSR count). The fourth-order valence-electron chi connectivity index (χ4n) is 4.22. The van der Waals surface area contributed by atoms with E-state index in [9.17, 15) is 9.59 Å². The van der Waals surface area contributed by atoms with Gasteiger partial charge in [0.1, 0.15) is 0 Å².